The highest BCUT2D eigenvalue weighted by Crippen LogP contribution is 2.21. The Kier molecular flexibility index (Phi) is 5.39. The molecule has 2 aromatic heterocycles. The smallest absolute Gasteiger partial charge is 0.178 e. The van der Waals surface area contributed by atoms with Crippen LogP contribution in [0.4, 0.5) is 0 Å². The zero-order valence-electron chi connectivity index (χ0n) is 13.4. The summed E-state index contributed by atoms with van der Waals surface area (Å²) in [5, 5.41) is 3.21. The number of hydrogen-bond acceptors (Lipinski definition) is 4. The van der Waals surface area contributed by atoms with Gasteiger partial charge in [0.25, 0.3) is 0 Å². The highest BCUT2D eigenvalue weighted by Gasteiger charge is 2.14. The summed E-state index contributed by atoms with van der Waals surface area (Å²) in [4.78, 5) is 14.0. The Morgan fingerprint density at radius 1 is 1.10 bits per heavy atom. The van der Waals surface area contributed by atoms with E-state index in [1.54, 1.807) is 6.20 Å². The fraction of sp³-hybridized carbons (Fsp3) is 0.471. The van der Waals surface area contributed by atoms with E-state index < -0.39 is 0 Å². The number of nitrogens with one attached hydrogen (secondary N) is 1. The highest BCUT2D eigenvalue weighted by atomic mass is 14.9. The Balaban J connectivity index is 2.52. The second-order valence-electron chi connectivity index (χ2n) is 5.15. The van der Waals surface area contributed by atoms with Gasteiger partial charge >= 0.3 is 0 Å². The molecule has 0 atom stereocenters. The third-order valence-corrected chi connectivity index (χ3v) is 3.69. The molecule has 0 saturated carbocycles. The number of hydrogen-bond donors (Lipinski definition) is 1. The van der Waals surface area contributed by atoms with E-state index in [4.69, 9.17) is 9.97 Å². The van der Waals surface area contributed by atoms with Crippen LogP contribution in [0.2, 0.25) is 0 Å². The Morgan fingerprint density at radius 3 is 2.29 bits per heavy atom. The molecule has 0 aromatic carbocycles. The Labute approximate surface area is 127 Å². The van der Waals surface area contributed by atoms with Crippen LogP contribution in [0.25, 0.3) is 11.5 Å². The van der Waals surface area contributed by atoms with Crippen molar-refractivity contribution in [3.05, 3.63) is 40.8 Å². The number of aryl methyl sites for hydroxylation is 3. The lowest BCUT2D eigenvalue weighted by molar-refractivity contribution is 0.760. The molecule has 0 aliphatic heterocycles. The summed E-state index contributed by atoms with van der Waals surface area (Å²) >= 11 is 0. The van der Waals surface area contributed by atoms with Crippen molar-refractivity contribution in [2.24, 2.45) is 0 Å². The second kappa shape index (κ2) is 7.27. The molecule has 0 radical (unpaired) electrons. The van der Waals surface area contributed by atoms with Gasteiger partial charge in [-0.25, -0.2) is 9.97 Å². The summed E-state index contributed by atoms with van der Waals surface area (Å²) in [5.41, 5.74) is 5.60. The van der Waals surface area contributed by atoms with Crippen LogP contribution in [0.15, 0.2) is 18.3 Å². The molecule has 0 unspecified atom stereocenters. The summed E-state index contributed by atoms with van der Waals surface area (Å²) in [6.45, 7) is 7.31. The van der Waals surface area contributed by atoms with Crippen molar-refractivity contribution < 1.29 is 0 Å². The summed E-state index contributed by atoms with van der Waals surface area (Å²) in [6, 6.07) is 4.00. The number of aromatic nitrogens is 3. The van der Waals surface area contributed by atoms with E-state index in [1.165, 1.54) is 5.56 Å². The van der Waals surface area contributed by atoms with E-state index in [0.29, 0.717) is 0 Å². The van der Waals surface area contributed by atoms with Crippen LogP contribution in [-0.4, -0.2) is 28.5 Å². The standard InChI is InChI=1S/C17H24N4/c1-5-14-13(9-11-18-4)15(6-2)21-17(20-14)16-12(3)8-7-10-19-16/h7-8,10,18H,5-6,9,11H2,1-4H3. The molecule has 0 amide bonds. The van der Waals surface area contributed by atoms with Crippen LogP contribution < -0.4 is 5.32 Å². The van der Waals surface area contributed by atoms with E-state index >= 15 is 0 Å². The van der Waals surface area contributed by atoms with Crippen molar-refractivity contribution in [2.75, 3.05) is 13.6 Å². The number of nitrogens with zero attached hydrogens (tertiary/aromatic N) is 3. The number of pyridine rings is 1. The molecule has 1 N–H and O–H groups in total. The minimum atomic E-state index is 0.759. The van der Waals surface area contributed by atoms with Gasteiger partial charge in [-0.15, -0.1) is 0 Å². The Hall–Kier alpha value is -1.81. The van der Waals surface area contributed by atoms with Gasteiger partial charge in [0.15, 0.2) is 5.82 Å². The molecule has 2 heterocycles. The van der Waals surface area contributed by atoms with Gasteiger partial charge in [-0.05, 0) is 57.0 Å². The minimum Gasteiger partial charge on any atom is -0.319 e. The van der Waals surface area contributed by atoms with Gasteiger partial charge in [-0.3, -0.25) is 4.98 Å². The summed E-state index contributed by atoms with van der Waals surface area (Å²) in [6.07, 6.45) is 4.63. The van der Waals surface area contributed by atoms with E-state index in [-0.39, 0.29) is 0 Å². The van der Waals surface area contributed by atoms with E-state index in [9.17, 15) is 0 Å². The monoisotopic (exact) mass is 284 g/mol. The molecule has 0 bridgehead atoms. The molecule has 2 aromatic rings. The quantitative estimate of drug-likeness (QED) is 0.886. The Bertz CT molecular complexity index is 582. The average molecular weight is 284 g/mol. The van der Waals surface area contributed by atoms with Gasteiger partial charge in [0.05, 0.1) is 0 Å². The first-order valence-electron chi connectivity index (χ1n) is 7.66. The molecule has 21 heavy (non-hydrogen) atoms. The third-order valence-electron chi connectivity index (χ3n) is 3.69. The summed E-state index contributed by atoms with van der Waals surface area (Å²) in [7, 11) is 1.98. The second-order valence-corrected chi connectivity index (χ2v) is 5.15. The number of rotatable bonds is 6. The van der Waals surface area contributed by atoms with E-state index in [1.807, 2.05) is 13.1 Å². The molecular formula is C17H24N4. The first-order chi connectivity index (χ1) is 10.2. The lowest BCUT2D eigenvalue weighted by atomic mass is 10.0. The maximum absolute atomic E-state index is 4.78. The summed E-state index contributed by atoms with van der Waals surface area (Å²) in [5.74, 6) is 0.759. The van der Waals surface area contributed by atoms with Crippen molar-refractivity contribution >= 4 is 0 Å². The van der Waals surface area contributed by atoms with Crippen LogP contribution in [0.3, 0.4) is 0 Å². The molecule has 0 aliphatic rings. The van der Waals surface area contributed by atoms with Gasteiger partial charge < -0.3 is 5.32 Å². The predicted molar refractivity (Wildman–Crippen MR) is 86.4 cm³/mol. The molecule has 0 spiro atoms. The van der Waals surface area contributed by atoms with Gasteiger partial charge in [-0.2, -0.15) is 0 Å². The fourth-order valence-electron chi connectivity index (χ4n) is 2.53. The Morgan fingerprint density at radius 2 is 1.76 bits per heavy atom. The van der Waals surface area contributed by atoms with Gasteiger partial charge in [0, 0.05) is 17.6 Å². The van der Waals surface area contributed by atoms with Crippen LogP contribution in [-0.2, 0) is 19.3 Å². The normalized spacial score (nSPS) is 10.9. The van der Waals surface area contributed by atoms with Crippen molar-refractivity contribution in [3.63, 3.8) is 0 Å². The predicted octanol–water partition coefficient (Wildman–Crippen LogP) is 2.73. The van der Waals surface area contributed by atoms with Crippen molar-refractivity contribution in [1.82, 2.24) is 20.3 Å². The lowest BCUT2D eigenvalue weighted by Gasteiger charge is -2.14. The topological polar surface area (TPSA) is 50.7 Å². The first-order valence-corrected chi connectivity index (χ1v) is 7.66. The van der Waals surface area contributed by atoms with Crippen LogP contribution >= 0.6 is 0 Å². The van der Waals surface area contributed by atoms with Crippen LogP contribution in [0.1, 0.15) is 36.4 Å². The maximum atomic E-state index is 4.78. The van der Waals surface area contributed by atoms with Crippen LogP contribution in [0.5, 0.6) is 0 Å². The number of likely N-dealkylation sites (N-methyl/N-ethyl adjacent to an activating group) is 1. The SMILES string of the molecule is CCc1nc(-c2ncccc2C)nc(CC)c1CCNC. The maximum Gasteiger partial charge on any atom is 0.178 e. The first kappa shape index (κ1) is 15.6. The molecule has 2 rings (SSSR count). The molecule has 0 saturated heterocycles. The highest BCUT2D eigenvalue weighted by molar-refractivity contribution is 5.55. The van der Waals surface area contributed by atoms with Crippen molar-refractivity contribution in [2.45, 2.75) is 40.0 Å². The lowest BCUT2D eigenvalue weighted by Crippen LogP contribution is -2.15. The van der Waals surface area contributed by atoms with Crippen molar-refractivity contribution in [3.8, 4) is 11.5 Å². The van der Waals surface area contributed by atoms with Crippen molar-refractivity contribution in [1.29, 1.82) is 0 Å². The van der Waals surface area contributed by atoms with E-state index in [0.717, 1.165) is 54.3 Å². The van der Waals surface area contributed by atoms with Gasteiger partial charge in [0.2, 0.25) is 0 Å². The molecular weight excluding hydrogens is 260 g/mol. The minimum absolute atomic E-state index is 0.759. The van der Waals surface area contributed by atoms with Gasteiger partial charge in [0.1, 0.15) is 5.69 Å². The third kappa shape index (κ3) is 3.45. The molecule has 0 fully saturated rings. The zero-order valence-corrected chi connectivity index (χ0v) is 13.4. The molecule has 4 heteroatoms. The van der Waals surface area contributed by atoms with Gasteiger partial charge in [-0.1, -0.05) is 19.9 Å². The molecule has 0 aliphatic carbocycles. The molecule has 4 nitrogen and oxygen atoms in total. The largest absolute Gasteiger partial charge is 0.319 e. The fourth-order valence-corrected chi connectivity index (χ4v) is 2.53. The summed E-state index contributed by atoms with van der Waals surface area (Å²) < 4.78 is 0. The average Bonchev–Trinajstić information content (AvgIpc) is 2.52. The zero-order chi connectivity index (χ0) is 15.2. The van der Waals surface area contributed by atoms with Crippen LogP contribution in [0, 0.1) is 6.92 Å². The van der Waals surface area contributed by atoms with E-state index in [2.05, 4.69) is 37.1 Å². The molecule has 112 valence electrons.